The van der Waals surface area contributed by atoms with E-state index in [0.717, 1.165) is 24.3 Å². The molecule has 0 aliphatic heterocycles. The lowest BCUT2D eigenvalue weighted by atomic mass is 10.0. The maximum atomic E-state index is 13.1. The Balaban J connectivity index is 2.50. The quantitative estimate of drug-likeness (QED) is 0.452. The number of carbonyl (C=O) groups excluding carboxylic acids is 1. The number of hydrogen-bond acceptors (Lipinski definition) is 1. The zero-order valence-electron chi connectivity index (χ0n) is 10.1. The Labute approximate surface area is 134 Å². The summed E-state index contributed by atoms with van der Waals surface area (Å²) >= 11 is 5.99. The van der Waals surface area contributed by atoms with E-state index in [2.05, 4.69) is 31.9 Å². The van der Waals surface area contributed by atoms with E-state index in [-0.39, 0.29) is 20.1 Å². The third-order valence-electron chi connectivity index (χ3n) is 2.72. The van der Waals surface area contributed by atoms with E-state index in [0.29, 0.717) is 0 Å². The Morgan fingerprint density at radius 2 is 1.62 bits per heavy atom. The van der Waals surface area contributed by atoms with E-state index in [1.165, 1.54) is 12.1 Å². The molecular formula is C14H6Br2F4O. The van der Waals surface area contributed by atoms with Crippen molar-refractivity contribution in [2.24, 2.45) is 0 Å². The van der Waals surface area contributed by atoms with Crippen LogP contribution in [0.5, 0.6) is 0 Å². The molecule has 0 N–H and O–H groups in total. The van der Waals surface area contributed by atoms with Crippen LogP contribution >= 0.6 is 31.9 Å². The van der Waals surface area contributed by atoms with Gasteiger partial charge in [0.1, 0.15) is 5.82 Å². The van der Waals surface area contributed by atoms with Crippen LogP contribution in [0.25, 0.3) is 0 Å². The molecule has 0 amide bonds. The lowest BCUT2D eigenvalue weighted by Crippen LogP contribution is -2.09. The van der Waals surface area contributed by atoms with E-state index in [9.17, 15) is 22.4 Å². The van der Waals surface area contributed by atoms with Gasteiger partial charge in [0.15, 0.2) is 5.78 Å². The molecule has 1 nitrogen and oxygen atoms in total. The van der Waals surface area contributed by atoms with E-state index in [1.807, 2.05) is 0 Å². The lowest BCUT2D eigenvalue weighted by Gasteiger charge is -2.10. The van der Waals surface area contributed by atoms with Crippen LogP contribution in [0.2, 0.25) is 0 Å². The summed E-state index contributed by atoms with van der Waals surface area (Å²) in [5.74, 6) is -1.19. The molecule has 0 aliphatic rings. The van der Waals surface area contributed by atoms with E-state index in [1.54, 1.807) is 0 Å². The second kappa shape index (κ2) is 5.88. The average molecular weight is 426 g/mol. The summed E-state index contributed by atoms with van der Waals surface area (Å²) in [6, 6.07) is 6.32. The smallest absolute Gasteiger partial charge is 0.289 e. The normalized spacial score (nSPS) is 11.5. The van der Waals surface area contributed by atoms with Gasteiger partial charge < -0.3 is 0 Å². The number of rotatable bonds is 2. The average Bonchev–Trinajstić information content (AvgIpc) is 2.40. The van der Waals surface area contributed by atoms with Crippen LogP contribution in [0.15, 0.2) is 45.3 Å². The Morgan fingerprint density at radius 3 is 2.19 bits per heavy atom. The first-order valence-corrected chi connectivity index (χ1v) is 7.15. The van der Waals surface area contributed by atoms with Crippen molar-refractivity contribution in [2.45, 2.75) is 6.18 Å². The SMILES string of the molecule is O=C(c1ccc(F)c(Br)c1)c1cc(C(F)(F)F)ccc1Br. The molecule has 0 aromatic heterocycles. The van der Waals surface area contributed by atoms with Crippen molar-refractivity contribution < 1.29 is 22.4 Å². The first kappa shape index (κ1) is 16.2. The van der Waals surface area contributed by atoms with E-state index >= 15 is 0 Å². The summed E-state index contributed by atoms with van der Waals surface area (Å²) in [5.41, 5.74) is -0.970. The Hall–Kier alpha value is -1.21. The van der Waals surface area contributed by atoms with Crippen molar-refractivity contribution in [1.29, 1.82) is 0 Å². The highest BCUT2D eigenvalue weighted by Gasteiger charge is 2.31. The molecule has 2 rings (SSSR count). The summed E-state index contributed by atoms with van der Waals surface area (Å²) in [5, 5.41) is 0. The predicted octanol–water partition coefficient (Wildman–Crippen LogP) is 5.60. The number of halogens is 6. The molecule has 0 aliphatic carbocycles. The van der Waals surface area contributed by atoms with E-state index < -0.39 is 23.3 Å². The number of hydrogen-bond donors (Lipinski definition) is 0. The molecule has 0 unspecified atom stereocenters. The highest BCUT2D eigenvalue weighted by molar-refractivity contribution is 9.10. The molecule has 7 heteroatoms. The van der Waals surface area contributed by atoms with Crippen molar-refractivity contribution in [1.82, 2.24) is 0 Å². The fraction of sp³-hybridized carbons (Fsp3) is 0.0714. The second-order valence-corrected chi connectivity index (χ2v) is 5.86. The molecule has 0 saturated heterocycles. The molecule has 110 valence electrons. The van der Waals surface area contributed by atoms with Crippen molar-refractivity contribution >= 4 is 37.6 Å². The van der Waals surface area contributed by atoms with Gasteiger partial charge in [0.25, 0.3) is 0 Å². The fourth-order valence-corrected chi connectivity index (χ4v) is 2.47. The topological polar surface area (TPSA) is 17.1 Å². The zero-order valence-corrected chi connectivity index (χ0v) is 13.3. The summed E-state index contributed by atoms with van der Waals surface area (Å²) in [6.45, 7) is 0. The number of ketones is 1. The Morgan fingerprint density at radius 1 is 0.952 bits per heavy atom. The van der Waals surface area contributed by atoms with Crippen LogP contribution in [-0.4, -0.2) is 5.78 Å². The lowest BCUT2D eigenvalue weighted by molar-refractivity contribution is -0.137. The Kier molecular flexibility index (Phi) is 4.53. The third-order valence-corrected chi connectivity index (χ3v) is 4.02. The minimum absolute atomic E-state index is 0.0662. The highest BCUT2D eigenvalue weighted by atomic mass is 79.9. The molecule has 21 heavy (non-hydrogen) atoms. The van der Waals surface area contributed by atoms with Crippen LogP contribution in [0.1, 0.15) is 21.5 Å². The van der Waals surface area contributed by atoms with Gasteiger partial charge in [0.2, 0.25) is 0 Å². The summed E-state index contributed by atoms with van der Waals surface area (Å²) in [4.78, 5) is 12.3. The monoisotopic (exact) mass is 424 g/mol. The maximum absolute atomic E-state index is 13.1. The molecule has 0 saturated carbocycles. The van der Waals surface area contributed by atoms with Gasteiger partial charge in [-0.3, -0.25) is 4.79 Å². The van der Waals surface area contributed by atoms with Gasteiger partial charge in [-0.05, 0) is 52.3 Å². The minimum atomic E-state index is -4.54. The van der Waals surface area contributed by atoms with Gasteiger partial charge in [0, 0.05) is 15.6 Å². The highest BCUT2D eigenvalue weighted by Crippen LogP contribution is 2.33. The first-order valence-electron chi connectivity index (χ1n) is 5.56. The number of carbonyl (C=O) groups is 1. The molecule has 0 heterocycles. The van der Waals surface area contributed by atoms with Crippen molar-refractivity contribution in [3.63, 3.8) is 0 Å². The van der Waals surface area contributed by atoms with Crippen LogP contribution in [0.3, 0.4) is 0 Å². The zero-order chi connectivity index (χ0) is 15.8. The Bertz CT molecular complexity index is 711. The number of alkyl halides is 3. The summed E-state index contributed by atoms with van der Waals surface area (Å²) < 4.78 is 51.5. The minimum Gasteiger partial charge on any atom is -0.289 e. The van der Waals surface area contributed by atoms with Gasteiger partial charge in [-0.15, -0.1) is 0 Å². The van der Waals surface area contributed by atoms with Gasteiger partial charge in [-0.2, -0.15) is 13.2 Å². The predicted molar refractivity (Wildman–Crippen MR) is 76.7 cm³/mol. The summed E-state index contributed by atoms with van der Waals surface area (Å²) in [6.07, 6.45) is -4.54. The molecule has 0 radical (unpaired) electrons. The molecular weight excluding hydrogens is 420 g/mol. The van der Waals surface area contributed by atoms with Gasteiger partial charge in [-0.1, -0.05) is 15.9 Å². The van der Waals surface area contributed by atoms with Gasteiger partial charge in [0.05, 0.1) is 10.0 Å². The molecule has 2 aromatic carbocycles. The molecule has 0 spiro atoms. The molecule has 0 atom stereocenters. The molecule has 2 aromatic rings. The van der Waals surface area contributed by atoms with Crippen LogP contribution in [0.4, 0.5) is 17.6 Å². The van der Waals surface area contributed by atoms with Gasteiger partial charge in [-0.25, -0.2) is 4.39 Å². The molecule has 0 fully saturated rings. The standard InChI is InChI=1S/C14H6Br2F4O/c15-10-3-2-8(14(18,19)20)6-9(10)13(21)7-1-4-12(17)11(16)5-7/h1-6H. The fourth-order valence-electron chi connectivity index (χ4n) is 1.67. The largest absolute Gasteiger partial charge is 0.416 e. The summed E-state index contributed by atoms with van der Waals surface area (Å²) in [7, 11) is 0. The van der Waals surface area contributed by atoms with Crippen LogP contribution in [-0.2, 0) is 6.18 Å². The second-order valence-electron chi connectivity index (χ2n) is 4.15. The maximum Gasteiger partial charge on any atom is 0.416 e. The van der Waals surface area contributed by atoms with Gasteiger partial charge >= 0.3 is 6.18 Å². The third kappa shape index (κ3) is 3.52. The van der Waals surface area contributed by atoms with Crippen molar-refractivity contribution in [2.75, 3.05) is 0 Å². The van der Waals surface area contributed by atoms with E-state index in [4.69, 9.17) is 0 Å². The number of benzene rings is 2. The van der Waals surface area contributed by atoms with Crippen molar-refractivity contribution in [3.05, 3.63) is 67.9 Å². The van der Waals surface area contributed by atoms with Crippen LogP contribution in [0, 0.1) is 5.82 Å². The van der Waals surface area contributed by atoms with Crippen molar-refractivity contribution in [3.8, 4) is 0 Å². The van der Waals surface area contributed by atoms with Crippen LogP contribution < -0.4 is 0 Å². The molecule has 0 bridgehead atoms. The first-order chi connectivity index (χ1) is 9.70.